The maximum Gasteiger partial charge on any atom is 0.311 e. The van der Waals surface area contributed by atoms with Gasteiger partial charge in [-0.2, -0.15) is 10.1 Å². The number of benzene rings is 2. The van der Waals surface area contributed by atoms with Crippen molar-refractivity contribution in [3.05, 3.63) is 83.4 Å². The molecule has 0 radical (unpaired) electrons. The zero-order valence-electron chi connectivity index (χ0n) is 15.9. The fraction of sp³-hybridized carbons (Fsp3) is 0.0952. The van der Waals surface area contributed by atoms with E-state index in [0.717, 1.165) is 11.4 Å². The van der Waals surface area contributed by atoms with E-state index >= 15 is 0 Å². The fourth-order valence-corrected chi connectivity index (χ4v) is 2.77. The molecule has 8 heteroatoms. The average Bonchev–Trinajstić information content (AvgIpc) is 3.14. The van der Waals surface area contributed by atoms with Gasteiger partial charge in [0.15, 0.2) is 0 Å². The molecule has 0 aliphatic carbocycles. The first-order valence-electron chi connectivity index (χ1n) is 8.96. The normalized spacial score (nSPS) is 11.1. The molecule has 4 rings (SSSR count). The standard InChI is InChI=1S/C21H18N6O2/c1-14-12-15(2)27-21(23-14)24-19(26-27)20(28)25-22-13-16-8-6-7-11-18(16)29-17-9-4-3-5-10-17/h3-13H,1-2H3,(H,25,28)/b22-13-. The minimum Gasteiger partial charge on any atom is -0.457 e. The van der Waals surface area contributed by atoms with Crippen molar-refractivity contribution in [1.82, 2.24) is 25.0 Å². The molecular formula is C21H18N6O2. The monoisotopic (exact) mass is 386 g/mol. The molecule has 4 aromatic rings. The molecule has 0 aliphatic rings. The molecule has 0 atom stereocenters. The Morgan fingerprint density at radius 3 is 2.66 bits per heavy atom. The zero-order valence-corrected chi connectivity index (χ0v) is 15.9. The number of carbonyl (C=O) groups is 1. The molecule has 1 amide bonds. The lowest BCUT2D eigenvalue weighted by Gasteiger charge is -2.08. The second-order valence-corrected chi connectivity index (χ2v) is 6.34. The van der Waals surface area contributed by atoms with Gasteiger partial charge in [-0.1, -0.05) is 30.3 Å². The third kappa shape index (κ3) is 4.11. The Morgan fingerprint density at radius 2 is 1.83 bits per heavy atom. The number of hydrogen-bond acceptors (Lipinski definition) is 6. The van der Waals surface area contributed by atoms with Crippen LogP contribution in [0.25, 0.3) is 5.78 Å². The van der Waals surface area contributed by atoms with Gasteiger partial charge < -0.3 is 4.74 Å². The van der Waals surface area contributed by atoms with Gasteiger partial charge >= 0.3 is 5.91 Å². The lowest BCUT2D eigenvalue weighted by atomic mass is 10.2. The number of amides is 1. The minimum atomic E-state index is -0.523. The Kier molecular flexibility index (Phi) is 4.98. The van der Waals surface area contributed by atoms with Crippen LogP contribution in [0.2, 0.25) is 0 Å². The van der Waals surface area contributed by atoms with E-state index in [0.29, 0.717) is 22.8 Å². The zero-order chi connectivity index (χ0) is 20.2. The van der Waals surface area contributed by atoms with E-state index in [9.17, 15) is 4.79 Å². The third-order valence-electron chi connectivity index (χ3n) is 4.08. The quantitative estimate of drug-likeness (QED) is 0.420. The Morgan fingerprint density at radius 1 is 1.07 bits per heavy atom. The van der Waals surface area contributed by atoms with Crippen LogP contribution in [-0.2, 0) is 0 Å². The van der Waals surface area contributed by atoms with E-state index in [1.807, 2.05) is 74.5 Å². The van der Waals surface area contributed by atoms with Gasteiger partial charge in [-0.3, -0.25) is 4.79 Å². The van der Waals surface area contributed by atoms with E-state index in [1.165, 1.54) is 10.7 Å². The number of rotatable bonds is 5. The molecule has 0 saturated carbocycles. The predicted octanol–water partition coefficient (Wildman–Crippen LogP) is 3.30. The van der Waals surface area contributed by atoms with Gasteiger partial charge in [-0.05, 0) is 44.2 Å². The summed E-state index contributed by atoms with van der Waals surface area (Å²) in [6.07, 6.45) is 1.51. The average molecular weight is 386 g/mol. The molecule has 0 unspecified atom stereocenters. The highest BCUT2D eigenvalue weighted by Crippen LogP contribution is 2.23. The molecule has 1 N–H and O–H groups in total. The summed E-state index contributed by atoms with van der Waals surface area (Å²) in [6.45, 7) is 3.74. The van der Waals surface area contributed by atoms with Gasteiger partial charge in [0.1, 0.15) is 11.5 Å². The summed E-state index contributed by atoms with van der Waals surface area (Å²) >= 11 is 0. The summed E-state index contributed by atoms with van der Waals surface area (Å²) in [5, 5.41) is 8.20. The molecule has 0 spiro atoms. The van der Waals surface area contributed by atoms with Crippen molar-refractivity contribution in [2.75, 3.05) is 0 Å². The molecule has 0 bridgehead atoms. The molecule has 0 fully saturated rings. The highest BCUT2D eigenvalue weighted by molar-refractivity contribution is 5.92. The molecule has 0 saturated heterocycles. The van der Waals surface area contributed by atoms with Crippen molar-refractivity contribution in [1.29, 1.82) is 0 Å². The van der Waals surface area contributed by atoms with Crippen LogP contribution in [0.15, 0.2) is 65.8 Å². The summed E-state index contributed by atoms with van der Waals surface area (Å²) < 4.78 is 7.40. The first-order chi connectivity index (χ1) is 14.1. The summed E-state index contributed by atoms with van der Waals surface area (Å²) in [5.74, 6) is 1.18. The van der Waals surface area contributed by atoms with Gasteiger partial charge in [0, 0.05) is 17.0 Å². The highest BCUT2D eigenvalue weighted by atomic mass is 16.5. The largest absolute Gasteiger partial charge is 0.457 e. The fourth-order valence-electron chi connectivity index (χ4n) is 2.77. The highest BCUT2D eigenvalue weighted by Gasteiger charge is 2.14. The molecule has 29 heavy (non-hydrogen) atoms. The van der Waals surface area contributed by atoms with Crippen LogP contribution in [0, 0.1) is 13.8 Å². The van der Waals surface area contributed by atoms with E-state index < -0.39 is 5.91 Å². The van der Waals surface area contributed by atoms with Crippen molar-refractivity contribution in [2.45, 2.75) is 13.8 Å². The van der Waals surface area contributed by atoms with Crippen LogP contribution in [0.4, 0.5) is 0 Å². The number of aryl methyl sites for hydroxylation is 2. The van der Waals surface area contributed by atoms with Crippen LogP contribution in [-0.4, -0.2) is 31.7 Å². The second kappa shape index (κ2) is 7.89. The Balaban J connectivity index is 1.49. The van der Waals surface area contributed by atoms with E-state index in [1.54, 1.807) is 0 Å². The van der Waals surface area contributed by atoms with Crippen molar-refractivity contribution < 1.29 is 9.53 Å². The first kappa shape index (κ1) is 18.3. The number of para-hydroxylation sites is 2. The Labute approximate surface area is 166 Å². The van der Waals surface area contributed by atoms with Crippen LogP contribution >= 0.6 is 0 Å². The molecule has 2 aromatic carbocycles. The van der Waals surface area contributed by atoms with E-state index in [4.69, 9.17) is 4.74 Å². The maximum atomic E-state index is 12.4. The lowest BCUT2D eigenvalue weighted by molar-refractivity contribution is 0.0945. The Hall–Kier alpha value is -4.07. The van der Waals surface area contributed by atoms with E-state index in [-0.39, 0.29) is 5.82 Å². The molecular weight excluding hydrogens is 368 g/mol. The molecule has 2 aromatic heterocycles. The summed E-state index contributed by atoms with van der Waals surface area (Å²) in [7, 11) is 0. The summed E-state index contributed by atoms with van der Waals surface area (Å²) in [5.41, 5.74) is 4.81. The van der Waals surface area contributed by atoms with Gasteiger partial charge in [-0.15, -0.1) is 5.10 Å². The minimum absolute atomic E-state index is 0.00262. The number of nitrogens with one attached hydrogen (secondary N) is 1. The van der Waals surface area contributed by atoms with Crippen LogP contribution in [0.5, 0.6) is 11.5 Å². The van der Waals surface area contributed by atoms with Gasteiger partial charge in [0.05, 0.1) is 6.21 Å². The van der Waals surface area contributed by atoms with Crippen LogP contribution in [0.3, 0.4) is 0 Å². The SMILES string of the molecule is Cc1cc(C)n2nc(C(=O)N/N=C\c3ccccc3Oc3ccccc3)nc2n1. The van der Waals surface area contributed by atoms with Crippen molar-refractivity contribution >= 4 is 17.9 Å². The molecule has 0 aliphatic heterocycles. The van der Waals surface area contributed by atoms with Crippen LogP contribution in [0.1, 0.15) is 27.6 Å². The van der Waals surface area contributed by atoms with Gasteiger partial charge in [0.2, 0.25) is 5.82 Å². The van der Waals surface area contributed by atoms with Gasteiger partial charge in [0.25, 0.3) is 5.78 Å². The second-order valence-electron chi connectivity index (χ2n) is 6.34. The maximum absolute atomic E-state index is 12.4. The topological polar surface area (TPSA) is 93.8 Å². The van der Waals surface area contributed by atoms with Crippen molar-refractivity contribution in [3.63, 3.8) is 0 Å². The van der Waals surface area contributed by atoms with Gasteiger partial charge in [-0.25, -0.2) is 14.9 Å². The number of ether oxygens (including phenoxy) is 1. The number of nitrogens with zero attached hydrogens (tertiary/aromatic N) is 5. The predicted molar refractivity (Wildman–Crippen MR) is 108 cm³/mol. The molecule has 144 valence electrons. The lowest BCUT2D eigenvalue weighted by Crippen LogP contribution is -2.19. The summed E-state index contributed by atoms with van der Waals surface area (Å²) in [4.78, 5) is 20.8. The number of hydrazone groups is 1. The third-order valence-corrected chi connectivity index (χ3v) is 4.08. The molecule has 8 nitrogen and oxygen atoms in total. The first-order valence-corrected chi connectivity index (χ1v) is 8.96. The summed E-state index contributed by atoms with van der Waals surface area (Å²) in [6, 6.07) is 18.7. The van der Waals surface area contributed by atoms with Crippen molar-refractivity contribution in [2.24, 2.45) is 5.10 Å². The Bertz CT molecular complexity index is 1200. The van der Waals surface area contributed by atoms with Crippen molar-refractivity contribution in [3.8, 4) is 11.5 Å². The van der Waals surface area contributed by atoms with E-state index in [2.05, 4.69) is 25.6 Å². The smallest absolute Gasteiger partial charge is 0.311 e. The number of hydrogen-bond donors (Lipinski definition) is 1. The number of fused-ring (bicyclic) bond motifs is 1. The molecule has 2 heterocycles. The number of aromatic nitrogens is 4. The number of carbonyl (C=O) groups excluding carboxylic acids is 1. The van der Waals surface area contributed by atoms with Crippen LogP contribution < -0.4 is 10.2 Å².